The SMILES string of the molecule is CCNC(=NCc1ncccc1F)NCCC(C)C.I. The fraction of sp³-hybridized carbons (Fsp3) is 0.571. The van der Waals surface area contributed by atoms with E-state index in [1.54, 1.807) is 12.3 Å². The van der Waals surface area contributed by atoms with Crippen molar-refractivity contribution < 1.29 is 4.39 Å². The van der Waals surface area contributed by atoms with Crippen LogP contribution in [0.3, 0.4) is 0 Å². The number of hydrogen-bond donors (Lipinski definition) is 2. The van der Waals surface area contributed by atoms with Crippen LogP contribution < -0.4 is 10.6 Å². The van der Waals surface area contributed by atoms with Crippen molar-refractivity contribution in [1.29, 1.82) is 0 Å². The summed E-state index contributed by atoms with van der Waals surface area (Å²) in [5, 5.41) is 6.37. The Kier molecular flexibility index (Phi) is 10.3. The minimum absolute atomic E-state index is 0. The molecule has 1 rings (SSSR count). The van der Waals surface area contributed by atoms with E-state index in [0.29, 0.717) is 17.6 Å². The van der Waals surface area contributed by atoms with Gasteiger partial charge in [0.15, 0.2) is 5.96 Å². The Morgan fingerprint density at radius 2 is 2.15 bits per heavy atom. The van der Waals surface area contributed by atoms with Crippen LogP contribution in [0.15, 0.2) is 23.3 Å². The van der Waals surface area contributed by atoms with Gasteiger partial charge in [0.2, 0.25) is 0 Å². The average Bonchev–Trinajstić information content (AvgIpc) is 2.37. The number of hydrogen-bond acceptors (Lipinski definition) is 2. The lowest BCUT2D eigenvalue weighted by molar-refractivity contribution is 0.573. The number of halogens is 2. The summed E-state index contributed by atoms with van der Waals surface area (Å²) in [6.45, 7) is 8.22. The van der Waals surface area contributed by atoms with Crippen molar-refractivity contribution in [2.45, 2.75) is 33.7 Å². The zero-order valence-electron chi connectivity index (χ0n) is 12.3. The number of nitrogens with one attached hydrogen (secondary N) is 2. The molecule has 0 aromatic carbocycles. The highest BCUT2D eigenvalue weighted by Gasteiger charge is 2.03. The van der Waals surface area contributed by atoms with Crippen LogP contribution in [-0.4, -0.2) is 24.0 Å². The largest absolute Gasteiger partial charge is 0.357 e. The fourth-order valence-electron chi connectivity index (χ4n) is 1.51. The van der Waals surface area contributed by atoms with E-state index < -0.39 is 0 Å². The second kappa shape index (κ2) is 10.8. The lowest BCUT2D eigenvalue weighted by atomic mass is 10.1. The average molecular weight is 394 g/mol. The van der Waals surface area contributed by atoms with E-state index >= 15 is 0 Å². The van der Waals surface area contributed by atoms with Gasteiger partial charge in [0.25, 0.3) is 0 Å². The monoisotopic (exact) mass is 394 g/mol. The molecule has 0 spiro atoms. The number of guanidine groups is 1. The van der Waals surface area contributed by atoms with Gasteiger partial charge < -0.3 is 10.6 Å². The predicted molar refractivity (Wildman–Crippen MR) is 91.9 cm³/mol. The zero-order valence-corrected chi connectivity index (χ0v) is 14.6. The third kappa shape index (κ3) is 7.62. The summed E-state index contributed by atoms with van der Waals surface area (Å²) in [5.41, 5.74) is 0.364. The van der Waals surface area contributed by atoms with Gasteiger partial charge in [-0.25, -0.2) is 9.38 Å². The van der Waals surface area contributed by atoms with E-state index in [0.717, 1.165) is 19.5 Å². The summed E-state index contributed by atoms with van der Waals surface area (Å²) in [4.78, 5) is 8.31. The lowest BCUT2D eigenvalue weighted by Crippen LogP contribution is -2.38. The van der Waals surface area contributed by atoms with Crippen LogP contribution in [-0.2, 0) is 6.54 Å². The Labute approximate surface area is 137 Å². The highest BCUT2D eigenvalue weighted by molar-refractivity contribution is 14.0. The number of rotatable bonds is 6. The maximum atomic E-state index is 13.4. The number of aliphatic imine (C=N–C) groups is 1. The van der Waals surface area contributed by atoms with Crippen LogP contribution in [0.25, 0.3) is 0 Å². The van der Waals surface area contributed by atoms with Crippen LogP contribution >= 0.6 is 24.0 Å². The number of pyridine rings is 1. The first-order chi connectivity index (χ1) is 9.13. The zero-order chi connectivity index (χ0) is 14.1. The molecule has 2 N–H and O–H groups in total. The highest BCUT2D eigenvalue weighted by Crippen LogP contribution is 2.03. The van der Waals surface area contributed by atoms with E-state index in [4.69, 9.17) is 0 Å². The molecule has 0 amide bonds. The highest BCUT2D eigenvalue weighted by atomic mass is 127. The van der Waals surface area contributed by atoms with Crippen molar-refractivity contribution in [1.82, 2.24) is 15.6 Å². The lowest BCUT2D eigenvalue weighted by Gasteiger charge is -2.12. The van der Waals surface area contributed by atoms with Gasteiger partial charge >= 0.3 is 0 Å². The van der Waals surface area contributed by atoms with Crippen molar-refractivity contribution in [3.63, 3.8) is 0 Å². The molecule has 0 aliphatic heterocycles. The first kappa shape index (κ1) is 19.1. The van der Waals surface area contributed by atoms with Gasteiger partial charge in [0.05, 0.1) is 12.2 Å². The molecule has 0 atom stereocenters. The molecule has 1 aromatic rings. The Bertz CT molecular complexity index is 410. The molecule has 0 aliphatic carbocycles. The van der Waals surface area contributed by atoms with E-state index in [-0.39, 0.29) is 36.3 Å². The summed E-state index contributed by atoms with van der Waals surface area (Å²) in [6.07, 6.45) is 2.65. The topological polar surface area (TPSA) is 49.3 Å². The molecule has 114 valence electrons. The van der Waals surface area contributed by atoms with E-state index in [9.17, 15) is 4.39 Å². The molecule has 1 aromatic heterocycles. The Balaban J connectivity index is 0.00000361. The van der Waals surface area contributed by atoms with Crippen LogP contribution in [0.1, 0.15) is 32.9 Å². The Morgan fingerprint density at radius 1 is 1.40 bits per heavy atom. The van der Waals surface area contributed by atoms with Gasteiger partial charge in [-0.1, -0.05) is 13.8 Å². The van der Waals surface area contributed by atoms with Crippen LogP contribution in [0, 0.1) is 11.7 Å². The van der Waals surface area contributed by atoms with Gasteiger partial charge in [0.1, 0.15) is 5.82 Å². The predicted octanol–water partition coefficient (Wildman–Crippen LogP) is 2.94. The van der Waals surface area contributed by atoms with Crippen LogP contribution in [0.4, 0.5) is 4.39 Å². The van der Waals surface area contributed by atoms with E-state index in [1.807, 2.05) is 6.92 Å². The van der Waals surface area contributed by atoms with E-state index in [1.165, 1.54) is 6.07 Å². The third-order valence-electron chi connectivity index (χ3n) is 2.58. The second-order valence-corrected chi connectivity index (χ2v) is 4.74. The van der Waals surface area contributed by atoms with Crippen molar-refractivity contribution in [2.24, 2.45) is 10.9 Å². The summed E-state index contributed by atoms with van der Waals surface area (Å²) in [7, 11) is 0. The normalized spacial score (nSPS) is 11.2. The second-order valence-electron chi connectivity index (χ2n) is 4.74. The van der Waals surface area contributed by atoms with Crippen molar-refractivity contribution in [3.8, 4) is 0 Å². The molecular weight excluding hydrogens is 370 g/mol. The van der Waals surface area contributed by atoms with Gasteiger partial charge in [-0.2, -0.15) is 0 Å². The molecule has 0 aliphatic rings. The minimum atomic E-state index is -0.315. The van der Waals surface area contributed by atoms with Crippen molar-refractivity contribution in [3.05, 3.63) is 29.8 Å². The molecule has 0 unspecified atom stereocenters. The molecule has 0 radical (unpaired) electrons. The first-order valence-corrected chi connectivity index (χ1v) is 6.75. The molecular formula is C14H24FIN4. The smallest absolute Gasteiger partial charge is 0.191 e. The molecule has 20 heavy (non-hydrogen) atoms. The number of nitrogens with zero attached hydrogens (tertiary/aromatic N) is 2. The Hall–Kier alpha value is -0.920. The number of aromatic nitrogens is 1. The minimum Gasteiger partial charge on any atom is -0.357 e. The summed E-state index contributed by atoms with van der Waals surface area (Å²) in [6, 6.07) is 2.98. The fourth-order valence-corrected chi connectivity index (χ4v) is 1.51. The quantitative estimate of drug-likeness (QED) is 0.443. The van der Waals surface area contributed by atoms with Crippen molar-refractivity contribution in [2.75, 3.05) is 13.1 Å². The van der Waals surface area contributed by atoms with Gasteiger partial charge in [-0.15, -0.1) is 24.0 Å². The standard InChI is InChI=1S/C14H23FN4.HI/c1-4-16-14(18-9-7-11(2)3)19-10-13-12(15)6-5-8-17-13;/h5-6,8,11H,4,7,9-10H2,1-3H3,(H2,16,18,19);1H. The molecule has 0 saturated heterocycles. The summed E-state index contributed by atoms with van der Waals surface area (Å²) >= 11 is 0. The molecule has 0 bridgehead atoms. The van der Waals surface area contributed by atoms with Crippen LogP contribution in [0.2, 0.25) is 0 Å². The molecule has 0 fully saturated rings. The molecule has 0 saturated carbocycles. The van der Waals surface area contributed by atoms with Gasteiger partial charge in [-0.05, 0) is 31.4 Å². The van der Waals surface area contributed by atoms with Gasteiger partial charge in [-0.3, -0.25) is 4.98 Å². The first-order valence-electron chi connectivity index (χ1n) is 6.75. The third-order valence-corrected chi connectivity index (χ3v) is 2.58. The van der Waals surface area contributed by atoms with Gasteiger partial charge in [0, 0.05) is 19.3 Å². The summed E-state index contributed by atoms with van der Waals surface area (Å²) in [5.74, 6) is 1.03. The van der Waals surface area contributed by atoms with E-state index in [2.05, 4.69) is 34.5 Å². The van der Waals surface area contributed by atoms with Crippen molar-refractivity contribution >= 4 is 29.9 Å². The maximum absolute atomic E-state index is 13.4. The van der Waals surface area contributed by atoms with Crippen LogP contribution in [0.5, 0.6) is 0 Å². The maximum Gasteiger partial charge on any atom is 0.191 e. The molecule has 4 nitrogen and oxygen atoms in total. The Morgan fingerprint density at radius 3 is 2.75 bits per heavy atom. The molecule has 1 heterocycles. The molecule has 6 heteroatoms. The summed E-state index contributed by atoms with van der Waals surface area (Å²) < 4.78 is 13.4.